The molecule has 0 saturated heterocycles. The van der Waals surface area contributed by atoms with Crippen molar-refractivity contribution in [1.82, 2.24) is 39.9 Å². The van der Waals surface area contributed by atoms with Gasteiger partial charge in [0.1, 0.15) is 5.82 Å². The molecule has 0 radical (unpaired) electrons. The van der Waals surface area contributed by atoms with Crippen LogP contribution in [0.4, 0.5) is 29.0 Å². The molecule has 0 amide bonds. The number of nitrogens with zero attached hydrogens (tertiary/aromatic N) is 10. The van der Waals surface area contributed by atoms with Crippen LogP contribution in [0.5, 0.6) is 0 Å². The number of methoxy groups -OCH3 is 3. The van der Waals surface area contributed by atoms with Crippen LogP contribution in [0.25, 0.3) is 0 Å². The van der Waals surface area contributed by atoms with Crippen molar-refractivity contribution in [2.75, 3.05) is 50.0 Å². The van der Waals surface area contributed by atoms with E-state index >= 15 is 0 Å². The summed E-state index contributed by atoms with van der Waals surface area (Å²) >= 11 is 5.39. The van der Waals surface area contributed by atoms with E-state index in [-0.39, 0.29) is 54.3 Å². The van der Waals surface area contributed by atoms with Gasteiger partial charge in [-0.05, 0) is 207 Å². The highest BCUT2D eigenvalue weighted by molar-refractivity contribution is 6.28. The van der Waals surface area contributed by atoms with Crippen molar-refractivity contribution in [3.05, 3.63) is 206 Å². The Morgan fingerprint density at radius 2 is 0.673 bits per heavy atom. The first-order chi connectivity index (χ1) is 48.6. The predicted molar refractivity (Wildman–Crippen MR) is 414 cm³/mol. The number of carbonyl (C=O) groups is 4. The molecular formula is C84H108ClN11O8. The lowest BCUT2D eigenvalue weighted by atomic mass is 9.63. The van der Waals surface area contributed by atoms with Crippen LogP contribution in [0.2, 0.25) is 5.28 Å². The molecular weight excluding hydrogens is 1330 g/mol. The monoisotopic (exact) mass is 1430 g/mol. The number of halogens is 1. The van der Waals surface area contributed by atoms with E-state index in [0.29, 0.717) is 47.2 Å². The van der Waals surface area contributed by atoms with E-state index in [2.05, 4.69) is 239 Å². The van der Waals surface area contributed by atoms with E-state index in [1.807, 2.05) is 17.9 Å². The minimum absolute atomic E-state index is 0.0955. The summed E-state index contributed by atoms with van der Waals surface area (Å²) in [4.78, 5) is 82.1. The smallest absolute Gasteiger partial charge is 0.341 e. The molecule has 3 N–H and O–H groups in total. The van der Waals surface area contributed by atoms with Crippen LogP contribution in [-0.2, 0) is 64.0 Å². The number of ether oxygens (including phenoxy) is 3. The molecule has 20 heteroatoms. The van der Waals surface area contributed by atoms with Gasteiger partial charge in [0, 0.05) is 86.1 Å². The average molecular weight is 1440 g/mol. The maximum Gasteiger partial charge on any atom is 0.341 e. The van der Waals surface area contributed by atoms with Crippen molar-refractivity contribution in [1.29, 1.82) is 0 Å². The normalized spacial score (nSPS) is 17.2. The lowest BCUT2D eigenvalue weighted by molar-refractivity contribution is 0.0590. The standard InChI is InChI=1S/C22H29N3O2.C21H27N3O2.C21H26N2O2.C14H21N.C6H5ClN2O2/c1-7-25(20-23-13-15(14-24-20)19(26)27-6)16-8-9-17-18(12-16)22(4,5)11-10-21(17,2)3;1-6-24(19-22-12-14(13-23-19)18(25)26)15-7-8-16-17(11-15)21(4,5)10-9-20(16,2)3;1-20(2)8-9-21(3,4)17-10-14(6-7-16(17)20)11-18-22-12-15(13-23-18)19(24)25-5;1-13(2)7-8-14(3,4)12-9-10(15)5-6-11(12)13;1-11-5(10)4-2-8-6(7)9-3-4/h8-9,12-14H,7,10-11H2,1-6H3;7-8,11-13H,6,9-10H2,1-5H3,(H,25,26);6-7,10,12-13H,8-9,11H2,1-5H3;5-6,9H,7-8,15H2,1-4H3;2-3H,1H3. The molecule has 4 aliphatic rings. The average Bonchev–Trinajstić information content (AvgIpc) is 0.775. The number of fused-ring (bicyclic) bond motifs is 4. The van der Waals surface area contributed by atoms with Crippen LogP contribution >= 0.6 is 11.6 Å². The number of aromatic nitrogens is 8. The van der Waals surface area contributed by atoms with Crippen molar-refractivity contribution >= 4 is 64.4 Å². The Labute approximate surface area is 621 Å². The lowest BCUT2D eigenvalue weighted by Gasteiger charge is -2.42. The zero-order valence-electron chi connectivity index (χ0n) is 65.1. The van der Waals surface area contributed by atoms with Crippen LogP contribution in [0.15, 0.2) is 122 Å². The summed E-state index contributed by atoms with van der Waals surface area (Å²) in [7, 11) is 3.99. The van der Waals surface area contributed by atoms with Gasteiger partial charge in [-0.25, -0.2) is 59.0 Å². The van der Waals surface area contributed by atoms with Gasteiger partial charge in [-0.1, -0.05) is 147 Å². The molecule has 0 atom stereocenters. The van der Waals surface area contributed by atoms with Crippen molar-refractivity contribution in [2.24, 2.45) is 0 Å². The van der Waals surface area contributed by atoms with Gasteiger partial charge >= 0.3 is 23.9 Å². The van der Waals surface area contributed by atoms with Crippen LogP contribution in [0.3, 0.4) is 0 Å². The summed E-state index contributed by atoms with van der Waals surface area (Å²) in [6, 6.07) is 26.5. The number of nitrogens with two attached hydrogens (primary N) is 1. The maximum absolute atomic E-state index is 11.6. The number of hydrogen-bond acceptors (Lipinski definition) is 18. The predicted octanol–water partition coefficient (Wildman–Crippen LogP) is 18.2. The topological polar surface area (TPSA) is 252 Å². The van der Waals surface area contributed by atoms with Gasteiger partial charge in [-0.2, -0.15) is 0 Å². The number of anilines is 5. The van der Waals surface area contributed by atoms with Gasteiger partial charge in [-0.3, -0.25) is 0 Å². The van der Waals surface area contributed by atoms with Gasteiger partial charge in [0.15, 0.2) is 0 Å². The SMILES string of the molecule is CC1(C)CCC(C)(C)c2cc(N)ccc21.CCN(c1ccc2c(c1)C(C)(C)CCC2(C)C)c1ncc(C(=O)O)cn1.CCN(c1ccc2c(c1)C(C)(C)CCC2(C)C)c1ncc(C(=O)OC)cn1.COC(=O)c1cnc(Cc2ccc3c(c2)C(C)(C)CCC3(C)C)nc1.COC(=O)c1cnc(Cl)nc1. The summed E-state index contributed by atoms with van der Waals surface area (Å²) in [5.41, 5.74) is 24.3. The second kappa shape index (κ2) is 32.0. The number of nitrogen functional groups attached to an aromatic ring is 1. The van der Waals surface area contributed by atoms with E-state index in [4.69, 9.17) is 27.2 Å². The molecule has 19 nitrogen and oxygen atoms in total. The number of carboxylic acid groups (broad SMARTS) is 1. The largest absolute Gasteiger partial charge is 0.478 e. The lowest BCUT2D eigenvalue weighted by Crippen LogP contribution is -2.34. The van der Waals surface area contributed by atoms with Crippen molar-refractivity contribution < 1.29 is 38.5 Å². The molecule has 0 aliphatic heterocycles. The first-order valence-corrected chi connectivity index (χ1v) is 36.3. The first-order valence-electron chi connectivity index (χ1n) is 35.9. The van der Waals surface area contributed by atoms with Gasteiger partial charge in [0.2, 0.25) is 17.2 Å². The minimum atomic E-state index is -1.02. The second-order valence-electron chi connectivity index (χ2n) is 32.8. The summed E-state index contributed by atoms with van der Waals surface area (Å²) in [6.45, 7) is 42.7. The Hall–Kier alpha value is -9.23. The fourth-order valence-corrected chi connectivity index (χ4v) is 14.5. The molecule has 0 spiro atoms. The van der Waals surface area contributed by atoms with Gasteiger partial charge in [-0.15, -0.1) is 0 Å². The number of carboxylic acids is 1. The third kappa shape index (κ3) is 18.6. The maximum atomic E-state index is 11.6. The molecule has 104 heavy (non-hydrogen) atoms. The Balaban J connectivity index is 0.000000170. The number of hydrogen-bond donors (Lipinski definition) is 2. The van der Waals surface area contributed by atoms with E-state index in [1.165, 1.54) is 166 Å². The molecule has 4 heterocycles. The third-order valence-electron chi connectivity index (χ3n) is 21.7. The van der Waals surface area contributed by atoms with Crippen LogP contribution < -0.4 is 15.5 Å². The van der Waals surface area contributed by atoms with E-state index in [0.717, 1.165) is 30.0 Å². The van der Waals surface area contributed by atoms with Crippen molar-refractivity contribution in [3.8, 4) is 0 Å². The van der Waals surface area contributed by atoms with Gasteiger partial charge < -0.3 is 34.9 Å². The molecule has 4 aromatic heterocycles. The summed E-state index contributed by atoms with van der Waals surface area (Å²) < 4.78 is 13.8. The van der Waals surface area contributed by atoms with Gasteiger partial charge in [0.05, 0.1) is 43.6 Å². The number of rotatable bonds is 12. The fourth-order valence-electron chi connectivity index (χ4n) is 14.4. The Morgan fingerprint density at radius 1 is 0.394 bits per heavy atom. The van der Waals surface area contributed by atoms with Crippen LogP contribution in [-0.4, -0.2) is 103 Å². The Morgan fingerprint density at radius 3 is 1.00 bits per heavy atom. The fraction of sp³-hybridized carbons (Fsp3) is 0.476. The number of benzene rings is 4. The highest BCUT2D eigenvalue weighted by Crippen LogP contribution is 2.51. The molecule has 554 valence electrons. The summed E-state index contributed by atoms with van der Waals surface area (Å²) in [5, 5.41) is 9.14. The molecule has 8 aromatic rings. The molecule has 4 aliphatic carbocycles. The second-order valence-corrected chi connectivity index (χ2v) is 33.2. The quantitative estimate of drug-likeness (QED) is 0.0499. The van der Waals surface area contributed by atoms with Crippen LogP contribution in [0, 0.1) is 0 Å². The number of aromatic carboxylic acids is 1. The van der Waals surface area contributed by atoms with E-state index in [1.54, 1.807) is 0 Å². The first kappa shape index (κ1) is 80.5. The number of esters is 3. The molecule has 0 fully saturated rings. The minimum Gasteiger partial charge on any atom is -0.478 e. The zero-order chi connectivity index (χ0) is 76.7. The van der Waals surface area contributed by atoms with E-state index in [9.17, 15) is 19.2 Å². The molecule has 4 aromatic carbocycles. The highest BCUT2D eigenvalue weighted by Gasteiger charge is 2.41. The Kier molecular flexibility index (Phi) is 24.8. The molecule has 0 unspecified atom stereocenters. The highest BCUT2D eigenvalue weighted by atomic mass is 35.5. The summed E-state index contributed by atoms with van der Waals surface area (Å²) in [5.74, 6) is -0.519. The zero-order valence-corrected chi connectivity index (χ0v) is 65.8. The molecule has 12 rings (SSSR count). The van der Waals surface area contributed by atoms with Gasteiger partial charge in [0.25, 0.3) is 0 Å². The summed E-state index contributed by atoms with van der Waals surface area (Å²) in [6.07, 6.45) is 21.7. The van der Waals surface area contributed by atoms with Crippen molar-refractivity contribution in [3.63, 3.8) is 0 Å². The van der Waals surface area contributed by atoms with E-state index < -0.39 is 23.9 Å². The van der Waals surface area contributed by atoms with Crippen LogP contribution in [0.1, 0.15) is 273 Å². The Bertz CT molecular complexity index is 4360. The molecule has 0 bridgehead atoms. The molecule has 0 saturated carbocycles. The third-order valence-corrected chi connectivity index (χ3v) is 21.9. The van der Waals surface area contributed by atoms with Crippen molar-refractivity contribution in [2.45, 2.75) is 226 Å². The number of carbonyl (C=O) groups excluding carboxylic acids is 3.